The number of aliphatic hydroxyl groups is 1. The molecule has 0 aromatic carbocycles. The van der Waals surface area contributed by atoms with E-state index in [0.29, 0.717) is 24.3 Å². The van der Waals surface area contributed by atoms with E-state index >= 15 is 0 Å². The van der Waals surface area contributed by atoms with Crippen LogP contribution in [0.1, 0.15) is 41.8 Å². The Balaban J connectivity index is 1.60. The highest BCUT2D eigenvalue weighted by Gasteiger charge is 2.27. The van der Waals surface area contributed by atoms with Crippen molar-refractivity contribution in [2.24, 2.45) is 5.92 Å². The molecule has 3 N–H and O–H groups in total. The smallest absolute Gasteiger partial charge is 0.261 e. The van der Waals surface area contributed by atoms with Crippen molar-refractivity contribution >= 4 is 23.2 Å². The van der Waals surface area contributed by atoms with Crippen molar-refractivity contribution < 1.29 is 14.7 Å². The van der Waals surface area contributed by atoms with Gasteiger partial charge in [-0.05, 0) is 30.7 Å². The third-order valence-corrected chi connectivity index (χ3v) is 4.72. The summed E-state index contributed by atoms with van der Waals surface area (Å²) in [6.07, 6.45) is 4.02. The summed E-state index contributed by atoms with van der Waals surface area (Å²) in [6.45, 7) is 0.639. The molecule has 1 fully saturated rings. The van der Waals surface area contributed by atoms with Gasteiger partial charge in [-0.25, -0.2) is 0 Å². The van der Waals surface area contributed by atoms with Gasteiger partial charge in [0.2, 0.25) is 5.91 Å². The molecule has 1 saturated carbocycles. The van der Waals surface area contributed by atoms with Gasteiger partial charge in [0.05, 0.1) is 4.88 Å². The van der Waals surface area contributed by atoms with Crippen LogP contribution in [-0.2, 0) is 4.79 Å². The first-order valence-electron chi connectivity index (χ1n) is 7.42. The number of thiophene rings is 1. The fourth-order valence-electron chi connectivity index (χ4n) is 2.67. The minimum absolute atomic E-state index is 0.00530. The lowest BCUT2D eigenvalue weighted by Gasteiger charge is -2.18. The Kier molecular flexibility index (Phi) is 6.20. The van der Waals surface area contributed by atoms with Crippen molar-refractivity contribution in [1.29, 1.82) is 0 Å². The molecule has 6 heteroatoms. The van der Waals surface area contributed by atoms with E-state index < -0.39 is 0 Å². The van der Waals surface area contributed by atoms with Crippen LogP contribution >= 0.6 is 11.3 Å². The van der Waals surface area contributed by atoms with Crippen LogP contribution in [-0.4, -0.2) is 36.1 Å². The zero-order valence-electron chi connectivity index (χ0n) is 12.0. The molecule has 21 heavy (non-hydrogen) atoms. The number of nitrogens with one attached hydrogen (secondary N) is 2. The van der Waals surface area contributed by atoms with Crippen LogP contribution in [0.25, 0.3) is 0 Å². The van der Waals surface area contributed by atoms with Gasteiger partial charge >= 0.3 is 0 Å². The molecule has 1 aliphatic rings. The molecule has 1 heterocycles. The molecule has 2 rings (SSSR count). The lowest BCUT2D eigenvalue weighted by molar-refractivity contribution is -0.122. The van der Waals surface area contributed by atoms with Gasteiger partial charge in [-0.1, -0.05) is 12.5 Å². The molecule has 1 aromatic rings. The Morgan fingerprint density at radius 3 is 2.95 bits per heavy atom. The molecule has 2 atom stereocenters. The maximum absolute atomic E-state index is 11.8. The molecule has 5 nitrogen and oxygen atoms in total. The van der Waals surface area contributed by atoms with Crippen molar-refractivity contribution in [3.05, 3.63) is 22.4 Å². The van der Waals surface area contributed by atoms with Crippen molar-refractivity contribution in [3.8, 4) is 0 Å². The molecule has 0 spiro atoms. The molecule has 116 valence electrons. The van der Waals surface area contributed by atoms with Crippen LogP contribution < -0.4 is 10.6 Å². The number of carbonyl (C=O) groups is 2. The standard InChI is InChI=1S/C15H22N2O3S/c18-10-11-4-1-5-12(11)17-14(19)7-2-8-16-15(20)13-6-3-9-21-13/h3,6,9,11-12,18H,1-2,4-5,7-8,10H2,(H,16,20)(H,17,19). The average molecular weight is 310 g/mol. The van der Waals surface area contributed by atoms with Crippen molar-refractivity contribution in [2.45, 2.75) is 38.1 Å². The lowest BCUT2D eigenvalue weighted by atomic mass is 10.0. The fraction of sp³-hybridized carbons (Fsp3) is 0.600. The van der Waals surface area contributed by atoms with Gasteiger partial charge in [-0.2, -0.15) is 0 Å². The van der Waals surface area contributed by atoms with E-state index in [2.05, 4.69) is 10.6 Å². The molecule has 2 unspecified atom stereocenters. The minimum Gasteiger partial charge on any atom is -0.396 e. The van der Waals surface area contributed by atoms with Crippen molar-refractivity contribution in [1.82, 2.24) is 10.6 Å². The van der Waals surface area contributed by atoms with Gasteiger partial charge in [0.1, 0.15) is 0 Å². The third-order valence-electron chi connectivity index (χ3n) is 3.85. The van der Waals surface area contributed by atoms with Crippen LogP contribution in [0.3, 0.4) is 0 Å². The first kappa shape index (κ1) is 16.0. The Morgan fingerprint density at radius 1 is 1.38 bits per heavy atom. The van der Waals surface area contributed by atoms with E-state index in [1.807, 2.05) is 11.4 Å². The first-order chi connectivity index (χ1) is 10.2. The maximum atomic E-state index is 11.8. The highest BCUT2D eigenvalue weighted by atomic mass is 32.1. The Labute approximate surface area is 128 Å². The van der Waals surface area contributed by atoms with E-state index in [0.717, 1.165) is 19.3 Å². The highest BCUT2D eigenvalue weighted by Crippen LogP contribution is 2.25. The molecule has 1 aromatic heterocycles. The minimum atomic E-state index is -0.0819. The zero-order chi connectivity index (χ0) is 15.1. The van der Waals surface area contributed by atoms with E-state index in [1.54, 1.807) is 6.07 Å². The normalized spacial score (nSPS) is 21.2. The van der Waals surface area contributed by atoms with E-state index in [1.165, 1.54) is 11.3 Å². The summed E-state index contributed by atoms with van der Waals surface area (Å²) in [7, 11) is 0. The Bertz CT molecular complexity index is 461. The van der Waals surface area contributed by atoms with Gasteiger partial charge in [-0.15, -0.1) is 11.3 Å². The molecular formula is C15H22N2O3S. The summed E-state index contributed by atoms with van der Waals surface area (Å²) >= 11 is 1.40. The molecule has 0 radical (unpaired) electrons. The largest absolute Gasteiger partial charge is 0.396 e. The average Bonchev–Trinajstić information content (AvgIpc) is 3.14. The fourth-order valence-corrected chi connectivity index (χ4v) is 3.31. The predicted octanol–water partition coefficient (Wildman–Crippen LogP) is 1.54. The van der Waals surface area contributed by atoms with Crippen molar-refractivity contribution in [3.63, 3.8) is 0 Å². The van der Waals surface area contributed by atoms with Gasteiger partial charge in [0, 0.05) is 31.5 Å². The molecule has 0 aliphatic heterocycles. The van der Waals surface area contributed by atoms with Crippen LogP contribution in [0.5, 0.6) is 0 Å². The Morgan fingerprint density at radius 2 is 2.24 bits per heavy atom. The summed E-state index contributed by atoms with van der Waals surface area (Å²) in [5.74, 6) is 0.125. The summed E-state index contributed by atoms with van der Waals surface area (Å²) in [6, 6.07) is 3.73. The number of amides is 2. The van der Waals surface area contributed by atoms with E-state index in [-0.39, 0.29) is 30.4 Å². The van der Waals surface area contributed by atoms with Gasteiger partial charge < -0.3 is 15.7 Å². The van der Waals surface area contributed by atoms with E-state index in [4.69, 9.17) is 0 Å². The summed E-state index contributed by atoms with van der Waals surface area (Å²) < 4.78 is 0. The second-order valence-corrected chi connectivity index (χ2v) is 6.33. The topological polar surface area (TPSA) is 78.4 Å². The van der Waals surface area contributed by atoms with Gasteiger partial charge in [-0.3, -0.25) is 9.59 Å². The molecule has 0 bridgehead atoms. The quantitative estimate of drug-likeness (QED) is 0.668. The molecule has 2 amide bonds. The number of aliphatic hydroxyl groups excluding tert-OH is 1. The maximum Gasteiger partial charge on any atom is 0.261 e. The van der Waals surface area contributed by atoms with E-state index in [9.17, 15) is 14.7 Å². The number of hydrogen-bond acceptors (Lipinski definition) is 4. The SMILES string of the molecule is O=C(CCCNC(=O)c1cccs1)NC1CCCC1CO. The molecule has 1 aliphatic carbocycles. The third kappa shape index (κ3) is 4.82. The second kappa shape index (κ2) is 8.14. The van der Waals surface area contributed by atoms with Crippen molar-refractivity contribution in [2.75, 3.05) is 13.2 Å². The highest BCUT2D eigenvalue weighted by molar-refractivity contribution is 7.12. The second-order valence-electron chi connectivity index (χ2n) is 5.38. The lowest BCUT2D eigenvalue weighted by Crippen LogP contribution is -2.38. The summed E-state index contributed by atoms with van der Waals surface area (Å²) in [4.78, 5) is 24.2. The number of carbonyl (C=O) groups excluding carboxylic acids is 2. The van der Waals surface area contributed by atoms with Crippen LogP contribution in [0.2, 0.25) is 0 Å². The number of hydrogen-bond donors (Lipinski definition) is 3. The summed E-state index contributed by atoms with van der Waals surface area (Å²) in [5.41, 5.74) is 0. The van der Waals surface area contributed by atoms with Gasteiger partial charge in [0.15, 0.2) is 0 Å². The molecular weight excluding hydrogens is 288 g/mol. The monoisotopic (exact) mass is 310 g/mol. The zero-order valence-corrected chi connectivity index (χ0v) is 12.8. The first-order valence-corrected chi connectivity index (χ1v) is 8.30. The predicted molar refractivity (Wildman–Crippen MR) is 82.2 cm³/mol. The van der Waals surface area contributed by atoms with Gasteiger partial charge in [0.25, 0.3) is 5.91 Å². The van der Waals surface area contributed by atoms with Crippen LogP contribution in [0, 0.1) is 5.92 Å². The van der Waals surface area contributed by atoms with Crippen LogP contribution in [0.4, 0.5) is 0 Å². The van der Waals surface area contributed by atoms with Crippen LogP contribution in [0.15, 0.2) is 17.5 Å². The summed E-state index contributed by atoms with van der Waals surface area (Å²) in [5, 5.41) is 16.9. The molecule has 0 saturated heterocycles. The Hall–Kier alpha value is -1.40. The number of rotatable bonds is 7.